The highest BCUT2D eigenvalue weighted by Gasteiger charge is 2.37. The third-order valence-corrected chi connectivity index (χ3v) is 11.6. The molecule has 38 heavy (non-hydrogen) atoms. The number of carbonyl (C=O) groups is 1. The fourth-order valence-corrected chi connectivity index (χ4v) is 4.66. The standard InChI is InChI=1S/C30H48N2O5Si/c1-21(2)14-13-17-36-28-19-25(23(18-27(28)35-8)20-37-38(9,10)30(4,5)6)32-29(33)31-22(3)24-15-11-12-16-26(24)34-7/h11-12,15-16,18-19,21-22H,13-14,17,20H2,1-10H3,(H2,31,32,33)/t22-/m0/s1. The summed E-state index contributed by atoms with van der Waals surface area (Å²) in [6, 6.07) is 10.8. The van der Waals surface area contributed by atoms with Crippen LogP contribution in [0.2, 0.25) is 18.1 Å². The second-order valence-corrected chi connectivity index (χ2v) is 16.5. The Hall–Kier alpha value is -2.71. The number of rotatable bonds is 13. The van der Waals surface area contributed by atoms with Gasteiger partial charge in [-0.3, -0.25) is 0 Å². The highest BCUT2D eigenvalue weighted by Crippen LogP contribution is 2.39. The van der Waals surface area contributed by atoms with Gasteiger partial charge in [-0.05, 0) is 55.9 Å². The van der Waals surface area contributed by atoms with Crippen LogP contribution < -0.4 is 24.8 Å². The second-order valence-electron chi connectivity index (χ2n) is 11.7. The number of benzene rings is 2. The molecule has 2 N–H and O–H groups in total. The van der Waals surface area contributed by atoms with E-state index in [1.165, 1.54) is 0 Å². The Kier molecular flexibility index (Phi) is 11.5. The first-order valence-electron chi connectivity index (χ1n) is 13.5. The molecule has 2 aromatic rings. The summed E-state index contributed by atoms with van der Waals surface area (Å²) in [6.07, 6.45) is 2.02. The maximum absolute atomic E-state index is 13.1. The normalized spacial score (nSPS) is 12.7. The van der Waals surface area contributed by atoms with Gasteiger partial charge in [-0.25, -0.2) is 4.79 Å². The molecule has 212 valence electrons. The van der Waals surface area contributed by atoms with Gasteiger partial charge in [0.15, 0.2) is 19.8 Å². The fourth-order valence-electron chi connectivity index (χ4n) is 3.72. The smallest absolute Gasteiger partial charge is 0.319 e. The van der Waals surface area contributed by atoms with Gasteiger partial charge < -0.3 is 29.3 Å². The molecule has 0 saturated carbocycles. The number of nitrogens with one attached hydrogen (secondary N) is 2. The van der Waals surface area contributed by atoms with E-state index >= 15 is 0 Å². The van der Waals surface area contributed by atoms with Crippen LogP contribution >= 0.6 is 0 Å². The van der Waals surface area contributed by atoms with Crippen molar-refractivity contribution in [3.05, 3.63) is 47.5 Å². The van der Waals surface area contributed by atoms with Gasteiger partial charge in [-0.15, -0.1) is 0 Å². The summed E-state index contributed by atoms with van der Waals surface area (Å²) in [6.45, 7) is 18.3. The van der Waals surface area contributed by atoms with Crippen LogP contribution in [0.4, 0.5) is 10.5 Å². The molecule has 7 nitrogen and oxygen atoms in total. The van der Waals surface area contributed by atoms with E-state index in [2.05, 4.69) is 58.3 Å². The molecule has 0 saturated heterocycles. The van der Waals surface area contributed by atoms with Gasteiger partial charge in [0.05, 0.1) is 39.2 Å². The predicted molar refractivity (Wildman–Crippen MR) is 158 cm³/mol. The number of amides is 2. The Bertz CT molecular complexity index is 1050. The second kappa shape index (κ2) is 13.9. The zero-order chi connectivity index (χ0) is 28.5. The lowest BCUT2D eigenvalue weighted by Crippen LogP contribution is -2.40. The fraction of sp³-hybridized carbons (Fsp3) is 0.567. The summed E-state index contributed by atoms with van der Waals surface area (Å²) < 4.78 is 23.7. The molecule has 0 aliphatic heterocycles. The van der Waals surface area contributed by atoms with Crippen molar-refractivity contribution in [1.82, 2.24) is 5.32 Å². The Labute approximate surface area is 230 Å². The highest BCUT2D eigenvalue weighted by atomic mass is 28.4. The number of para-hydroxylation sites is 1. The van der Waals surface area contributed by atoms with Crippen molar-refractivity contribution in [2.45, 2.75) is 85.2 Å². The third-order valence-electron chi connectivity index (χ3n) is 7.17. The maximum atomic E-state index is 13.1. The van der Waals surface area contributed by atoms with Crippen molar-refractivity contribution in [1.29, 1.82) is 0 Å². The minimum atomic E-state index is -2.02. The average Bonchev–Trinajstić information content (AvgIpc) is 2.84. The van der Waals surface area contributed by atoms with Gasteiger partial charge in [0, 0.05) is 17.2 Å². The Balaban J connectivity index is 2.31. The summed E-state index contributed by atoms with van der Waals surface area (Å²) >= 11 is 0. The first kappa shape index (κ1) is 31.5. The largest absolute Gasteiger partial charge is 0.496 e. The summed E-state index contributed by atoms with van der Waals surface area (Å²) in [5.74, 6) is 2.56. The first-order valence-corrected chi connectivity index (χ1v) is 16.4. The molecule has 2 rings (SSSR count). The molecule has 0 aliphatic carbocycles. The molecule has 1 atom stereocenters. The molecular weight excluding hydrogens is 496 g/mol. The topological polar surface area (TPSA) is 78.1 Å². The van der Waals surface area contributed by atoms with Crippen LogP contribution in [0.3, 0.4) is 0 Å². The Morgan fingerprint density at radius 3 is 2.24 bits per heavy atom. The Morgan fingerprint density at radius 1 is 0.974 bits per heavy atom. The number of ether oxygens (including phenoxy) is 3. The average molecular weight is 545 g/mol. The minimum Gasteiger partial charge on any atom is -0.496 e. The molecular formula is C30H48N2O5Si. The third kappa shape index (κ3) is 8.94. The number of methoxy groups -OCH3 is 2. The predicted octanol–water partition coefficient (Wildman–Crippen LogP) is 7.92. The minimum absolute atomic E-state index is 0.0612. The van der Waals surface area contributed by atoms with E-state index in [0.29, 0.717) is 36.3 Å². The molecule has 8 heteroatoms. The van der Waals surface area contributed by atoms with Gasteiger partial charge in [0.25, 0.3) is 0 Å². The molecule has 0 fully saturated rings. The molecule has 0 bridgehead atoms. The van der Waals surface area contributed by atoms with Crippen LogP contribution in [0, 0.1) is 5.92 Å². The van der Waals surface area contributed by atoms with E-state index in [-0.39, 0.29) is 17.1 Å². The SMILES string of the molecule is COc1cc(CO[Si](C)(C)C(C)(C)C)c(NC(=O)N[C@@H](C)c2ccccc2OC)cc1OCCCC(C)C. The maximum Gasteiger partial charge on any atom is 0.319 e. The monoisotopic (exact) mass is 544 g/mol. The summed E-state index contributed by atoms with van der Waals surface area (Å²) in [5.41, 5.74) is 2.37. The van der Waals surface area contributed by atoms with Gasteiger partial charge in [-0.1, -0.05) is 52.8 Å². The van der Waals surface area contributed by atoms with Crippen LogP contribution in [0.1, 0.15) is 71.6 Å². The van der Waals surface area contributed by atoms with E-state index in [1.54, 1.807) is 14.2 Å². The highest BCUT2D eigenvalue weighted by molar-refractivity contribution is 6.74. The number of hydrogen-bond acceptors (Lipinski definition) is 5. The van der Waals surface area contributed by atoms with E-state index in [4.69, 9.17) is 18.6 Å². The lowest BCUT2D eigenvalue weighted by atomic mass is 10.1. The summed E-state index contributed by atoms with van der Waals surface area (Å²) in [4.78, 5) is 13.1. The first-order chi connectivity index (χ1) is 17.8. The van der Waals surface area contributed by atoms with Gasteiger partial charge >= 0.3 is 6.03 Å². The zero-order valence-electron chi connectivity index (χ0n) is 25.0. The van der Waals surface area contributed by atoms with Crippen LogP contribution in [-0.4, -0.2) is 35.2 Å². The van der Waals surface area contributed by atoms with E-state index in [1.807, 2.05) is 43.3 Å². The van der Waals surface area contributed by atoms with Crippen LogP contribution in [0.5, 0.6) is 17.2 Å². The zero-order valence-corrected chi connectivity index (χ0v) is 26.0. The van der Waals surface area contributed by atoms with Gasteiger partial charge in [0.2, 0.25) is 0 Å². The van der Waals surface area contributed by atoms with Crippen molar-refractivity contribution in [3.63, 3.8) is 0 Å². The summed E-state index contributed by atoms with van der Waals surface area (Å²) in [7, 11) is 1.23. The van der Waals surface area contributed by atoms with E-state index in [9.17, 15) is 4.79 Å². The molecule has 0 aliphatic rings. The van der Waals surface area contributed by atoms with E-state index < -0.39 is 8.32 Å². The lowest BCUT2D eigenvalue weighted by molar-refractivity contribution is 0.249. The number of urea groups is 1. The molecule has 0 spiro atoms. The van der Waals surface area contributed by atoms with Crippen LogP contribution in [-0.2, 0) is 11.0 Å². The van der Waals surface area contributed by atoms with Crippen molar-refractivity contribution in [3.8, 4) is 17.2 Å². The molecule has 0 aromatic heterocycles. The molecule has 2 amide bonds. The molecule has 0 heterocycles. The van der Waals surface area contributed by atoms with Crippen molar-refractivity contribution in [2.75, 3.05) is 26.1 Å². The molecule has 0 radical (unpaired) electrons. The quantitative estimate of drug-likeness (QED) is 0.198. The number of carbonyl (C=O) groups excluding carboxylic acids is 1. The van der Waals surface area contributed by atoms with Crippen LogP contribution in [0.25, 0.3) is 0 Å². The summed E-state index contributed by atoms with van der Waals surface area (Å²) in [5, 5.41) is 6.12. The van der Waals surface area contributed by atoms with Crippen molar-refractivity contribution < 1.29 is 23.4 Å². The van der Waals surface area contributed by atoms with E-state index in [0.717, 1.165) is 29.7 Å². The molecule has 0 unspecified atom stereocenters. The molecule has 2 aromatic carbocycles. The van der Waals surface area contributed by atoms with Gasteiger partial charge in [0.1, 0.15) is 5.75 Å². The van der Waals surface area contributed by atoms with Crippen molar-refractivity contribution >= 4 is 20.0 Å². The lowest BCUT2D eigenvalue weighted by Gasteiger charge is -2.36. The number of hydrogen-bond donors (Lipinski definition) is 2. The Morgan fingerprint density at radius 2 is 1.63 bits per heavy atom. The number of anilines is 1. The van der Waals surface area contributed by atoms with Gasteiger partial charge in [-0.2, -0.15) is 0 Å². The van der Waals surface area contributed by atoms with Crippen LogP contribution in [0.15, 0.2) is 36.4 Å². The van der Waals surface area contributed by atoms with Crippen molar-refractivity contribution in [2.24, 2.45) is 5.92 Å².